The third-order valence-corrected chi connectivity index (χ3v) is 7.13. The molecule has 166 valence electrons. The zero-order valence-corrected chi connectivity index (χ0v) is 19.0. The maximum absolute atomic E-state index is 13.6. The van der Waals surface area contributed by atoms with Crippen molar-refractivity contribution >= 4 is 38.1 Å². The first-order valence-electron chi connectivity index (χ1n) is 10.3. The summed E-state index contributed by atoms with van der Waals surface area (Å²) in [5, 5.41) is 17.1. The first-order chi connectivity index (χ1) is 15.0. The minimum atomic E-state index is -4.03. The molecule has 0 bridgehead atoms. The van der Waals surface area contributed by atoms with Gasteiger partial charge in [0.2, 0.25) is 9.84 Å². The Balaban J connectivity index is 2.08. The van der Waals surface area contributed by atoms with Crippen molar-refractivity contribution in [3.05, 3.63) is 59.3 Å². The van der Waals surface area contributed by atoms with Gasteiger partial charge in [0.1, 0.15) is 5.60 Å². The zero-order valence-electron chi connectivity index (χ0n) is 18.2. The summed E-state index contributed by atoms with van der Waals surface area (Å²) in [5.74, 6) is -0.758. The van der Waals surface area contributed by atoms with Crippen LogP contribution in [-0.4, -0.2) is 36.4 Å². The van der Waals surface area contributed by atoms with Gasteiger partial charge in [0.25, 0.3) is 0 Å². The average molecular weight is 452 g/mol. The van der Waals surface area contributed by atoms with Crippen molar-refractivity contribution in [1.82, 2.24) is 4.98 Å². The number of sulfone groups is 1. The Morgan fingerprint density at radius 2 is 1.72 bits per heavy atom. The van der Waals surface area contributed by atoms with Crippen LogP contribution in [0.2, 0.25) is 0 Å². The van der Waals surface area contributed by atoms with Crippen molar-refractivity contribution in [2.75, 3.05) is 0 Å². The highest BCUT2D eigenvalue weighted by Gasteiger charge is 2.33. The lowest BCUT2D eigenvalue weighted by atomic mass is 9.99. The highest BCUT2D eigenvalue weighted by molar-refractivity contribution is 7.91. The lowest BCUT2D eigenvalue weighted by molar-refractivity contribution is 0.00675. The van der Waals surface area contributed by atoms with Gasteiger partial charge in [0.15, 0.2) is 0 Å². The van der Waals surface area contributed by atoms with Crippen molar-refractivity contribution in [1.29, 1.82) is 10.8 Å². The van der Waals surface area contributed by atoms with Gasteiger partial charge in [-0.2, -0.15) is 0 Å². The first-order valence-corrected chi connectivity index (χ1v) is 11.8. The summed E-state index contributed by atoms with van der Waals surface area (Å²) in [6.07, 6.45) is 1.12. The number of aromatic nitrogens is 1. The van der Waals surface area contributed by atoms with E-state index in [0.717, 1.165) is 0 Å². The summed E-state index contributed by atoms with van der Waals surface area (Å²) >= 11 is 0. The lowest BCUT2D eigenvalue weighted by Crippen LogP contribution is -2.25. The highest BCUT2D eigenvalue weighted by Crippen LogP contribution is 2.36. The molecule has 0 spiro atoms. The van der Waals surface area contributed by atoms with Gasteiger partial charge in [-0.25, -0.2) is 13.2 Å². The van der Waals surface area contributed by atoms with Gasteiger partial charge in [0.05, 0.1) is 15.4 Å². The molecule has 0 fully saturated rings. The Kier molecular flexibility index (Phi) is 5.29. The fourth-order valence-corrected chi connectivity index (χ4v) is 5.44. The number of fused-ring (bicyclic) bond motifs is 3. The predicted octanol–water partition coefficient (Wildman–Crippen LogP) is 4.68. The van der Waals surface area contributed by atoms with Crippen molar-refractivity contribution in [3.63, 3.8) is 0 Å². The van der Waals surface area contributed by atoms with Gasteiger partial charge in [-0.3, -0.25) is 0 Å². The molecule has 3 aromatic rings. The average Bonchev–Trinajstić information content (AvgIpc) is 3.01. The second-order valence-electron chi connectivity index (χ2n) is 8.92. The number of aromatic amines is 1. The Morgan fingerprint density at radius 3 is 2.38 bits per heavy atom. The number of nitrogens with one attached hydrogen (secondary N) is 3. The number of esters is 1. The van der Waals surface area contributed by atoms with E-state index in [1.165, 1.54) is 18.2 Å². The normalized spacial score (nSPS) is 14.8. The van der Waals surface area contributed by atoms with Crippen molar-refractivity contribution in [2.24, 2.45) is 0 Å². The number of rotatable bonds is 3. The van der Waals surface area contributed by atoms with E-state index in [-0.39, 0.29) is 21.1 Å². The van der Waals surface area contributed by atoms with Gasteiger partial charge in [-0.05, 0) is 57.9 Å². The van der Waals surface area contributed by atoms with E-state index >= 15 is 0 Å². The largest absolute Gasteiger partial charge is 0.456 e. The molecule has 0 amide bonds. The fourth-order valence-electron chi connectivity index (χ4n) is 3.97. The van der Waals surface area contributed by atoms with Crippen LogP contribution in [0, 0.1) is 10.8 Å². The molecule has 8 heteroatoms. The highest BCUT2D eigenvalue weighted by atomic mass is 32.2. The van der Waals surface area contributed by atoms with Crippen LogP contribution in [0.5, 0.6) is 0 Å². The SMILES string of the molecule is CC(C)(C)OC(=O)c1c(S(=O)(=O)c2ccccc2)ccc2[nH]c3c(c12)C(=N)CCC(=N)C3. The molecule has 7 nitrogen and oxygen atoms in total. The number of hydrogen-bond acceptors (Lipinski definition) is 6. The molecule has 1 aromatic heterocycles. The fraction of sp³-hybridized carbons (Fsp3) is 0.292. The van der Waals surface area contributed by atoms with Crippen LogP contribution in [0.4, 0.5) is 0 Å². The van der Waals surface area contributed by atoms with Gasteiger partial charge >= 0.3 is 5.97 Å². The molecule has 1 aliphatic carbocycles. The number of hydrogen-bond donors (Lipinski definition) is 3. The minimum Gasteiger partial charge on any atom is -0.456 e. The summed E-state index contributed by atoms with van der Waals surface area (Å²) in [6, 6.07) is 11.0. The second-order valence-corrected chi connectivity index (χ2v) is 10.8. The molecule has 1 aliphatic rings. The van der Waals surface area contributed by atoms with E-state index < -0.39 is 21.4 Å². The monoisotopic (exact) mass is 451 g/mol. The molecule has 0 unspecified atom stereocenters. The van der Waals surface area contributed by atoms with Crippen LogP contribution in [-0.2, 0) is 21.0 Å². The summed E-state index contributed by atoms with van der Waals surface area (Å²) in [6.45, 7) is 5.16. The molecule has 0 saturated carbocycles. The zero-order chi connectivity index (χ0) is 23.3. The Bertz CT molecular complexity index is 1360. The molecule has 1 heterocycles. The van der Waals surface area contributed by atoms with Crippen molar-refractivity contribution < 1.29 is 17.9 Å². The number of H-pyrrole nitrogens is 1. The molecule has 4 rings (SSSR count). The predicted molar refractivity (Wildman–Crippen MR) is 123 cm³/mol. The van der Waals surface area contributed by atoms with Gasteiger partial charge < -0.3 is 20.5 Å². The molecule has 0 radical (unpaired) electrons. The lowest BCUT2D eigenvalue weighted by Gasteiger charge is -2.21. The van der Waals surface area contributed by atoms with Crippen LogP contribution in [0.3, 0.4) is 0 Å². The number of ether oxygens (including phenoxy) is 1. The molecular formula is C24H25N3O4S. The maximum atomic E-state index is 13.6. The number of carbonyl (C=O) groups excluding carboxylic acids is 1. The van der Waals surface area contributed by atoms with E-state index in [1.807, 2.05) is 0 Å². The van der Waals surface area contributed by atoms with E-state index in [2.05, 4.69) is 4.98 Å². The molecule has 32 heavy (non-hydrogen) atoms. The second kappa shape index (κ2) is 7.70. The van der Waals surface area contributed by atoms with Crippen LogP contribution in [0.25, 0.3) is 10.9 Å². The quantitative estimate of drug-likeness (QED) is 0.395. The maximum Gasteiger partial charge on any atom is 0.340 e. The van der Waals surface area contributed by atoms with Crippen molar-refractivity contribution in [3.8, 4) is 0 Å². The first kappa shape index (κ1) is 22.0. The molecular weight excluding hydrogens is 426 g/mol. The van der Waals surface area contributed by atoms with Crippen LogP contribution < -0.4 is 0 Å². The van der Waals surface area contributed by atoms with Crippen molar-refractivity contribution in [2.45, 2.75) is 55.4 Å². The van der Waals surface area contributed by atoms with E-state index in [4.69, 9.17) is 15.6 Å². The Hall–Kier alpha value is -3.26. The number of carbonyl (C=O) groups is 1. The molecule has 0 saturated heterocycles. The van der Waals surface area contributed by atoms with E-state index in [0.29, 0.717) is 47.1 Å². The van der Waals surface area contributed by atoms with E-state index in [1.54, 1.807) is 45.0 Å². The van der Waals surface area contributed by atoms with E-state index in [9.17, 15) is 13.2 Å². The standard InChI is InChI=1S/C24H25N3O4S/c1-24(2,3)31-23(28)22-19(32(29,30)15-7-5-4-6-8-15)12-11-17-21(22)20-16(26)10-9-14(25)13-18(20)27-17/h4-8,11-12,25-27H,9-10,13H2,1-3H3. The topological polar surface area (TPSA) is 124 Å². The molecule has 3 N–H and O–H groups in total. The third kappa shape index (κ3) is 3.86. The molecule has 0 atom stereocenters. The number of benzene rings is 2. The Morgan fingerprint density at radius 1 is 1.03 bits per heavy atom. The molecule has 2 aromatic carbocycles. The van der Waals surface area contributed by atoms with Gasteiger partial charge in [0, 0.05) is 40.0 Å². The minimum absolute atomic E-state index is 0.0719. The summed E-state index contributed by atoms with van der Waals surface area (Å²) in [7, 11) is -4.03. The molecule has 0 aliphatic heterocycles. The van der Waals surface area contributed by atoms with Crippen LogP contribution in [0.15, 0.2) is 52.3 Å². The summed E-state index contributed by atoms with van der Waals surface area (Å²) < 4.78 is 32.7. The smallest absolute Gasteiger partial charge is 0.340 e. The summed E-state index contributed by atoms with van der Waals surface area (Å²) in [5.41, 5.74) is 1.53. The van der Waals surface area contributed by atoms with Crippen LogP contribution in [0.1, 0.15) is 55.2 Å². The third-order valence-electron chi connectivity index (χ3n) is 5.32. The summed E-state index contributed by atoms with van der Waals surface area (Å²) in [4.78, 5) is 16.5. The van der Waals surface area contributed by atoms with Crippen LogP contribution >= 0.6 is 0 Å². The van der Waals surface area contributed by atoms with Gasteiger partial charge in [-0.15, -0.1) is 0 Å². The Labute approximate surface area is 186 Å². The van der Waals surface area contributed by atoms with Gasteiger partial charge in [-0.1, -0.05) is 18.2 Å².